The Morgan fingerprint density at radius 2 is 1.41 bits per heavy atom. The fourth-order valence-electron chi connectivity index (χ4n) is 1.23. The van der Waals surface area contributed by atoms with Gasteiger partial charge in [0.05, 0.1) is 0 Å². The van der Waals surface area contributed by atoms with Gasteiger partial charge in [0.15, 0.2) is 0 Å². The molecule has 0 aliphatic carbocycles. The first-order valence-electron chi connectivity index (χ1n) is 6.30. The zero-order valence-electron chi connectivity index (χ0n) is 12.0. The Labute approximate surface area is 116 Å². The first kappa shape index (κ1) is 16.3. The molecule has 1 unspecified atom stereocenters. The van der Waals surface area contributed by atoms with Gasteiger partial charge in [0, 0.05) is 0 Å². The van der Waals surface area contributed by atoms with Gasteiger partial charge >= 0.3 is 42.6 Å². The summed E-state index contributed by atoms with van der Waals surface area (Å²) in [6, 6.07) is 8.20. The van der Waals surface area contributed by atoms with Crippen LogP contribution in [0.25, 0.3) is 11.1 Å². The molecule has 0 aliphatic heterocycles. The average molecular weight is 222 g/mol. The molecule has 0 saturated carbocycles. The normalized spacial score (nSPS) is 11.2. The molecule has 0 spiro atoms. The number of rotatable bonds is 3. The van der Waals surface area contributed by atoms with Crippen molar-refractivity contribution < 1.29 is 0 Å². The Morgan fingerprint density at radius 3 is 1.59 bits per heavy atom. The van der Waals surface area contributed by atoms with Crippen LogP contribution in [0.5, 0.6) is 0 Å². The van der Waals surface area contributed by atoms with Gasteiger partial charge in [-0.25, -0.2) is 0 Å². The van der Waals surface area contributed by atoms with Gasteiger partial charge in [-0.15, -0.1) is 0 Å². The second kappa shape index (κ2) is 8.40. The van der Waals surface area contributed by atoms with Crippen molar-refractivity contribution in [3.8, 4) is 0 Å². The average Bonchev–Trinajstić information content (AvgIpc) is 2.29. The molecule has 0 nitrogen and oxygen atoms in total. The molecule has 1 aromatic rings. The van der Waals surface area contributed by atoms with Crippen molar-refractivity contribution in [2.45, 2.75) is 38.7 Å². The molecule has 88 valence electrons. The molecule has 0 fully saturated rings. The Kier molecular flexibility index (Phi) is 8.05. The zero-order chi connectivity index (χ0) is 13.4. The van der Waals surface area contributed by atoms with Crippen LogP contribution in [0.2, 0.25) is 4.59 Å². The molecule has 1 rings (SSSR count). The van der Waals surface area contributed by atoms with Gasteiger partial charge in [0.1, 0.15) is 0 Å². The summed E-state index contributed by atoms with van der Waals surface area (Å²) in [5.41, 5.74) is 4.58. The molecule has 0 radical (unpaired) electrons. The Hall–Kier alpha value is -0.703. The van der Waals surface area contributed by atoms with Crippen molar-refractivity contribution >= 4 is 28.9 Å². The molecule has 1 heteroatoms. The van der Waals surface area contributed by atoms with Crippen molar-refractivity contribution in [1.82, 2.24) is 0 Å². The molecular formula is C16H23Li. The van der Waals surface area contributed by atoms with Crippen molar-refractivity contribution in [2.24, 2.45) is 0 Å². The summed E-state index contributed by atoms with van der Waals surface area (Å²) in [5.74, 6) is 0. The van der Waals surface area contributed by atoms with E-state index in [4.69, 9.17) is 0 Å². The van der Waals surface area contributed by atoms with Crippen LogP contribution in [0, 0.1) is 0 Å². The van der Waals surface area contributed by atoms with E-state index >= 15 is 0 Å². The molecular weight excluding hydrogens is 199 g/mol. The SMILES string of the molecule is C=C(C)c1ccccc1C(=C)C.[Li][CH](C)CC. The van der Waals surface area contributed by atoms with E-state index in [1.807, 2.05) is 26.0 Å². The number of allylic oxidation sites excluding steroid dienone is 2. The van der Waals surface area contributed by atoms with Crippen LogP contribution in [0.4, 0.5) is 0 Å². The van der Waals surface area contributed by atoms with E-state index in [0.29, 0.717) is 0 Å². The van der Waals surface area contributed by atoms with Gasteiger partial charge < -0.3 is 0 Å². The quantitative estimate of drug-likeness (QED) is 0.622. The Bertz CT molecular complexity index is 342. The molecule has 0 amide bonds. The van der Waals surface area contributed by atoms with Gasteiger partial charge in [-0.3, -0.25) is 0 Å². The summed E-state index contributed by atoms with van der Waals surface area (Å²) in [5, 5.41) is 0. The van der Waals surface area contributed by atoms with Gasteiger partial charge in [-0.2, -0.15) is 0 Å². The Morgan fingerprint density at radius 1 is 1.12 bits per heavy atom. The molecule has 17 heavy (non-hydrogen) atoms. The standard InChI is InChI=1S/C12H14.C4H9.Li/c1-9(2)11-7-5-6-8-12(11)10(3)4;1-3-4-2;/h5-8H,1,3H2,2,4H3;3H,4H2,1-2H3;. The molecule has 0 saturated heterocycles. The third-order valence-corrected chi connectivity index (χ3v) is 2.66. The van der Waals surface area contributed by atoms with Crippen LogP contribution in [-0.4, -0.2) is 17.7 Å². The molecule has 0 N–H and O–H groups in total. The van der Waals surface area contributed by atoms with Gasteiger partial charge in [-0.05, 0) is 25.0 Å². The second-order valence-corrected chi connectivity index (χ2v) is 4.91. The van der Waals surface area contributed by atoms with Gasteiger partial charge in [0.2, 0.25) is 0 Å². The maximum absolute atomic E-state index is 3.93. The van der Waals surface area contributed by atoms with E-state index in [1.54, 1.807) is 0 Å². The van der Waals surface area contributed by atoms with E-state index in [1.165, 1.54) is 17.5 Å². The fraction of sp³-hybridized carbons (Fsp3) is 0.375. The molecule has 0 aliphatic rings. The third-order valence-electron chi connectivity index (χ3n) is 2.66. The van der Waals surface area contributed by atoms with Crippen molar-refractivity contribution in [1.29, 1.82) is 0 Å². The maximum atomic E-state index is 3.93. The number of benzene rings is 1. The monoisotopic (exact) mass is 222 g/mol. The first-order chi connectivity index (χ1) is 7.90. The molecule has 0 aromatic heterocycles. The summed E-state index contributed by atoms with van der Waals surface area (Å²) < 4.78 is 0.884. The van der Waals surface area contributed by atoms with E-state index in [-0.39, 0.29) is 0 Å². The van der Waals surface area contributed by atoms with Crippen LogP contribution < -0.4 is 0 Å². The van der Waals surface area contributed by atoms with Crippen LogP contribution in [0.3, 0.4) is 0 Å². The summed E-state index contributed by atoms with van der Waals surface area (Å²) in [7, 11) is 0. The van der Waals surface area contributed by atoms with E-state index < -0.39 is 0 Å². The van der Waals surface area contributed by atoms with Crippen molar-refractivity contribution in [2.75, 3.05) is 0 Å². The van der Waals surface area contributed by atoms with Crippen LogP contribution in [0.15, 0.2) is 37.4 Å². The van der Waals surface area contributed by atoms with Crippen LogP contribution >= 0.6 is 0 Å². The molecule has 1 atom stereocenters. The van der Waals surface area contributed by atoms with Crippen LogP contribution in [0.1, 0.15) is 45.2 Å². The molecule has 0 heterocycles. The van der Waals surface area contributed by atoms with E-state index in [9.17, 15) is 0 Å². The topological polar surface area (TPSA) is 0 Å². The predicted octanol–water partition coefficient (Wildman–Crippen LogP) is 5.13. The summed E-state index contributed by atoms with van der Waals surface area (Å²) >= 11 is 2.22. The van der Waals surface area contributed by atoms with Crippen molar-refractivity contribution in [3.63, 3.8) is 0 Å². The van der Waals surface area contributed by atoms with E-state index in [0.717, 1.165) is 15.7 Å². The fourth-order valence-corrected chi connectivity index (χ4v) is 1.23. The summed E-state index contributed by atoms with van der Waals surface area (Å²) in [6.45, 7) is 16.3. The van der Waals surface area contributed by atoms with E-state index in [2.05, 4.69) is 56.9 Å². The van der Waals surface area contributed by atoms with Gasteiger partial charge in [-0.1, -0.05) is 48.6 Å². The minimum atomic E-state index is 0.884. The number of hydrogen-bond donors (Lipinski definition) is 0. The molecule has 1 aromatic carbocycles. The predicted molar refractivity (Wildman–Crippen MR) is 81.3 cm³/mol. The number of hydrogen-bond acceptors (Lipinski definition) is 0. The summed E-state index contributed by atoms with van der Waals surface area (Å²) in [4.78, 5) is 0. The zero-order valence-corrected chi connectivity index (χ0v) is 12.0. The second-order valence-electron chi connectivity index (χ2n) is 4.91. The third kappa shape index (κ3) is 6.57. The van der Waals surface area contributed by atoms with Crippen LogP contribution in [-0.2, 0) is 0 Å². The first-order valence-corrected chi connectivity index (χ1v) is 6.30. The summed E-state index contributed by atoms with van der Waals surface area (Å²) in [6.07, 6.45) is 1.31. The van der Waals surface area contributed by atoms with Crippen molar-refractivity contribution in [3.05, 3.63) is 48.6 Å². The Balaban J connectivity index is 0.000000437. The van der Waals surface area contributed by atoms with Gasteiger partial charge in [0.25, 0.3) is 0 Å². The molecule has 0 bridgehead atoms. The minimum absolute atomic E-state index is 0.884.